The molecule has 0 atom stereocenters. The molecule has 1 aliphatic rings. The highest BCUT2D eigenvalue weighted by atomic mass is 79.9. The number of hydrogen-bond donors (Lipinski definition) is 0. The first-order chi connectivity index (χ1) is 8.52. The number of thioether (sulfide) groups is 1. The molecule has 0 saturated carbocycles. The van der Waals surface area contributed by atoms with E-state index in [2.05, 4.69) is 15.9 Å². The van der Waals surface area contributed by atoms with Crippen molar-refractivity contribution in [1.82, 2.24) is 4.90 Å². The Kier molecular flexibility index (Phi) is 4.19. The average molecular weight is 346 g/mol. The molecule has 0 bridgehead atoms. The summed E-state index contributed by atoms with van der Waals surface area (Å²) in [6.45, 7) is 2.39. The fourth-order valence-corrected chi connectivity index (χ4v) is 3.29. The van der Waals surface area contributed by atoms with E-state index in [4.69, 9.17) is 12.2 Å². The van der Waals surface area contributed by atoms with Crippen LogP contribution in [0.25, 0.3) is 6.08 Å². The van der Waals surface area contributed by atoms with Gasteiger partial charge in [0, 0.05) is 16.6 Å². The van der Waals surface area contributed by atoms with E-state index < -0.39 is 0 Å². The van der Waals surface area contributed by atoms with E-state index in [0.29, 0.717) is 21.3 Å². The Labute approximate surface area is 122 Å². The standard InChI is InChI=1S/C12H9BrFNOS2/c1-2-15-11(16)10(18-12(15)17)6-7-5-8(13)3-4-9(7)14/h3-6H,2H2,1H3/b10-6+. The largest absolute Gasteiger partial charge is 0.293 e. The average Bonchev–Trinajstić information content (AvgIpc) is 2.59. The summed E-state index contributed by atoms with van der Waals surface area (Å²) in [6.07, 6.45) is 1.54. The van der Waals surface area contributed by atoms with Gasteiger partial charge in [-0.05, 0) is 31.2 Å². The first-order valence-electron chi connectivity index (χ1n) is 5.23. The molecule has 2 nitrogen and oxygen atoms in total. The topological polar surface area (TPSA) is 20.3 Å². The van der Waals surface area contributed by atoms with Crippen molar-refractivity contribution in [2.45, 2.75) is 6.92 Å². The minimum atomic E-state index is -0.361. The van der Waals surface area contributed by atoms with Gasteiger partial charge in [-0.2, -0.15) is 0 Å². The third-order valence-corrected chi connectivity index (χ3v) is 4.31. The van der Waals surface area contributed by atoms with Crippen LogP contribution >= 0.6 is 39.9 Å². The Morgan fingerprint density at radius 2 is 2.28 bits per heavy atom. The van der Waals surface area contributed by atoms with Crippen LogP contribution in [0.5, 0.6) is 0 Å². The van der Waals surface area contributed by atoms with Crippen LogP contribution in [0.2, 0.25) is 0 Å². The van der Waals surface area contributed by atoms with Gasteiger partial charge >= 0.3 is 0 Å². The van der Waals surface area contributed by atoms with Crippen LogP contribution < -0.4 is 0 Å². The molecule has 1 aromatic carbocycles. The van der Waals surface area contributed by atoms with Crippen molar-refractivity contribution < 1.29 is 9.18 Å². The number of likely N-dealkylation sites (N-methyl/N-ethyl adjacent to an activating group) is 1. The van der Waals surface area contributed by atoms with Crippen molar-refractivity contribution in [3.63, 3.8) is 0 Å². The molecule has 0 spiro atoms. The third-order valence-electron chi connectivity index (χ3n) is 2.43. The Balaban J connectivity index is 2.38. The Morgan fingerprint density at radius 1 is 1.56 bits per heavy atom. The van der Waals surface area contributed by atoms with E-state index in [0.717, 1.165) is 4.47 Å². The number of carbonyl (C=O) groups is 1. The zero-order chi connectivity index (χ0) is 13.3. The SMILES string of the molecule is CCN1C(=O)/C(=C\c2cc(Br)ccc2F)SC1=S. The third kappa shape index (κ3) is 2.65. The van der Waals surface area contributed by atoms with Crippen LogP contribution in [0, 0.1) is 5.82 Å². The van der Waals surface area contributed by atoms with E-state index in [-0.39, 0.29) is 11.7 Å². The van der Waals surface area contributed by atoms with Gasteiger partial charge in [-0.15, -0.1) is 0 Å². The Bertz CT molecular complexity index is 559. The van der Waals surface area contributed by atoms with Gasteiger partial charge in [0.05, 0.1) is 4.91 Å². The van der Waals surface area contributed by atoms with Crippen LogP contribution in [0.15, 0.2) is 27.6 Å². The van der Waals surface area contributed by atoms with Crippen molar-refractivity contribution in [3.05, 3.63) is 39.0 Å². The molecule has 1 heterocycles. The predicted molar refractivity (Wildman–Crippen MR) is 79.7 cm³/mol. The molecule has 0 aliphatic carbocycles. The fourth-order valence-electron chi connectivity index (χ4n) is 1.54. The van der Waals surface area contributed by atoms with Crippen LogP contribution in [0.4, 0.5) is 4.39 Å². The zero-order valence-corrected chi connectivity index (χ0v) is 12.7. The number of rotatable bonds is 2. The summed E-state index contributed by atoms with van der Waals surface area (Å²) in [4.78, 5) is 13.9. The van der Waals surface area contributed by atoms with Crippen molar-refractivity contribution in [1.29, 1.82) is 0 Å². The van der Waals surface area contributed by atoms with Crippen LogP contribution in [0.1, 0.15) is 12.5 Å². The van der Waals surface area contributed by atoms with Crippen LogP contribution in [0.3, 0.4) is 0 Å². The minimum absolute atomic E-state index is 0.160. The van der Waals surface area contributed by atoms with Gasteiger partial charge in [0.2, 0.25) is 0 Å². The number of carbonyl (C=O) groups excluding carboxylic acids is 1. The molecule has 1 aliphatic heterocycles. The monoisotopic (exact) mass is 345 g/mol. The van der Waals surface area contributed by atoms with Crippen LogP contribution in [-0.2, 0) is 4.79 Å². The van der Waals surface area contributed by atoms with Gasteiger partial charge in [-0.25, -0.2) is 4.39 Å². The Morgan fingerprint density at radius 3 is 2.89 bits per heavy atom. The minimum Gasteiger partial charge on any atom is -0.293 e. The molecule has 1 saturated heterocycles. The van der Waals surface area contributed by atoms with Crippen molar-refractivity contribution in [2.75, 3.05) is 6.54 Å². The quantitative estimate of drug-likeness (QED) is 0.600. The lowest BCUT2D eigenvalue weighted by atomic mass is 10.2. The highest BCUT2D eigenvalue weighted by Gasteiger charge is 2.30. The van der Waals surface area contributed by atoms with Gasteiger partial charge in [0.15, 0.2) is 0 Å². The molecular formula is C12H9BrFNOS2. The first kappa shape index (κ1) is 13.7. The zero-order valence-electron chi connectivity index (χ0n) is 9.44. The lowest BCUT2D eigenvalue weighted by Gasteiger charge is -2.09. The maximum absolute atomic E-state index is 13.6. The molecule has 1 aromatic rings. The number of hydrogen-bond acceptors (Lipinski definition) is 3. The molecule has 0 aromatic heterocycles. The lowest BCUT2D eigenvalue weighted by molar-refractivity contribution is -0.121. The summed E-state index contributed by atoms with van der Waals surface area (Å²) in [5, 5.41) is 0. The van der Waals surface area contributed by atoms with E-state index in [1.54, 1.807) is 12.1 Å². The highest BCUT2D eigenvalue weighted by Crippen LogP contribution is 2.33. The van der Waals surface area contributed by atoms with E-state index in [9.17, 15) is 9.18 Å². The molecule has 0 N–H and O–H groups in total. The normalized spacial score (nSPS) is 17.9. The summed E-state index contributed by atoms with van der Waals surface area (Å²) >= 11 is 9.57. The molecule has 6 heteroatoms. The maximum Gasteiger partial charge on any atom is 0.266 e. The molecule has 2 rings (SSSR count). The van der Waals surface area contributed by atoms with Gasteiger partial charge in [-0.3, -0.25) is 9.69 Å². The van der Waals surface area contributed by atoms with E-state index >= 15 is 0 Å². The van der Waals surface area contributed by atoms with E-state index in [1.807, 2.05) is 6.92 Å². The van der Waals surface area contributed by atoms with Crippen molar-refractivity contribution in [3.8, 4) is 0 Å². The molecule has 0 radical (unpaired) electrons. The smallest absolute Gasteiger partial charge is 0.266 e. The van der Waals surface area contributed by atoms with Crippen molar-refractivity contribution >= 4 is 56.2 Å². The van der Waals surface area contributed by atoms with Gasteiger partial charge in [-0.1, -0.05) is 39.9 Å². The highest BCUT2D eigenvalue weighted by molar-refractivity contribution is 9.10. The number of halogens is 2. The lowest BCUT2D eigenvalue weighted by Crippen LogP contribution is -2.27. The van der Waals surface area contributed by atoms with Crippen LogP contribution in [-0.4, -0.2) is 21.7 Å². The molecule has 94 valence electrons. The summed E-state index contributed by atoms with van der Waals surface area (Å²) in [7, 11) is 0. The van der Waals surface area contributed by atoms with Gasteiger partial charge in [0.1, 0.15) is 10.1 Å². The van der Waals surface area contributed by atoms with Gasteiger partial charge < -0.3 is 0 Å². The second kappa shape index (κ2) is 5.50. The van der Waals surface area contributed by atoms with E-state index in [1.165, 1.54) is 28.8 Å². The summed E-state index contributed by atoms with van der Waals surface area (Å²) in [5.41, 5.74) is 0.376. The fraction of sp³-hybridized carbons (Fsp3) is 0.167. The number of benzene rings is 1. The summed E-state index contributed by atoms with van der Waals surface area (Å²) in [5.74, 6) is -0.521. The second-order valence-corrected chi connectivity index (χ2v) is 6.18. The Hall–Kier alpha value is -0.720. The number of amides is 1. The number of thiocarbonyl (C=S) groups is 1. The van der Waals surface area contributed by atoms with Crippen molar-refractivity contribution in [2.24, 2.45) is 0 Å². The molecule has 0 unspecified atom stereocenters. The molecule has 1 fully saturated rings. The molecule has 18 heavy (non-hydrogen) atoms. The first-order valence-corrected chi connectivity index (χ1v) is 7.25. The number of nitrogens with zero attached hydrogens (tertiary/aromatic N) is 1. The van der Waals surface area contributed by atoms with Gasteiger partial charge in [0.25, 0.3) is 5.91 Å². The molecule has 1 amide bonds. The predicted octanol–water partition coefficient (Wildman–Crippen LogP) is 3.81. The second-order valence-electron chi connectivity index (χ2n) is 3.59. The summed E-state index contributed by atoms with van der Waals surface area (Å²) in [6, 6.07) is 4.61. The maximum atomic E-state index is 13.6. The molecular weight excluding hydrogens is 337 g/mol. The summed E-state index contributed by atoms with van der Waals surface area (Å²) < 4.78 is 14.9.